The van der Waals surface area contributed by atoms with Gasteiger partial charge in [-0.1, -0.05) is 38.1 Å². The maximum atomic E-state index is 12.9. The molecular weight excluding hydrogens is 446 g/mol. The summed E-state index contributed by atoms with van der Waals surface area (Å²) in [5.74, 6) is -1.46. The summed E-state index contributed by atoms with van der Waals surface area (Å²) < 4.78 is 0. The van der Waals surface area contributed by atoms with Crippen LogP contribution in [-0.4, -0.2) is 41.3 Å². The number of carboxylic acid groups (broad SMARTS) is 1. The summed E-state index contributed by atoms with van der Waals surface area (Å²) >= 11 is 0. The number of carboxylic acids is 1. The molecule has 0 spiro atoms. The Bertz CT molecular complexity index is 1050. The lowest BCUT2D eigenvalue weighted by molar-refractivity contribution is -0.128. The second-order valence-electron chi connectivity index (χ2n) is 9.02. The molecule has 35 heavy (non-hydrogen) atoms. The van der Waals surface area contributed by atoms with Crippen LogP contribution in [0.2, 0.25) is 0 Å². The summed E-state index contributed by atoms with van der Waals surface area (Å²) in [6.07, 6.45) is 2.97. The Balaban J connectivity index is 2.24. The van der Waals surface area contributed by atoms with E-state index in [1.165, 1.54) is 6.92 Å². The van der Waals surface area contributed by atoms with Gasteiger partial charge in [0.2, 0.25) is 11.8 Å². The van der Waals surface area contributed by atoms with Crippen LogP contribution in [0.4, 0.5) is 11.4 Å². The number of carbonyl (C=O) groups is 4. The molecule has 0 heterocycles. The van der Waals surface area contributed by atoms with Gasteiger partial charge in [-0.2, -0.15) is 0 Å². The molecule has 2 aromatic carbocycles. The van der Waals surface area contributed by atoms with Gasteiger partial charge >= 0.3 is 5.97 Å². The van der Waals surface area contributed by atoms with Crippen molar-refractivity contribution in [3.05, 3.63) is 59.2 Å². The standard InChI is InChI=1S/C27H35N3O5/c1-17(2)22-15-20(12-13-24(22)30-23-11-6-5-10-21(23)27(34)35)16-25(29-19(4)32)26(33)28-18(3)9-7-8-14-31/h5-6,10-15,17-18,25,30H,7-9,16H2,1-4H3,(H,28,33)(H,29,32)(H,34,35)/t18?,25-/m0/s1. The molecule has 0 aromatic heterocycles. The van der Waals surface area contributed by atoms with Crippen LogP contribution < -0.4 is 16.0 Å². The average molecular weight is 482 g/mol. The lowest BCUT2D eigenvalue weighted by Gasteiger charge is -2.22. The number of benzene rings is 2. The number of para-hydroxylation sites is 1. The summed E-state index contributed by atoms with van der Waals surface area (Å²) in [6, 6.07) is 11.6. The Kier molecular flexibility index (Phi) is 10.5. The minimum absolute atomic E-state index is 0.120. The van der Waals surface area contributed by atoms with E-state index in [1.54, 1.807) is 24.3 Å². The van der Waals surface area contributed by atoms with E-state index in [2.05, 4.69) is 16.0 Å². The fraction of sp³-hybridized carbons (Fsp3) is 0.407. The molecule has 0 bridgehead atoms. The van der Waals surface area contributed by atoms with Crippen LogP contribution in [0.1, 0.15) is 74.4 Å². The number of rotatable bonds is 13. The highest BCUT2D eigenvalue weighted by Crippen LogP contribution is 2.30. The predicted molar refractivity (Wildman–Crippen MR) is 136 cm³/mol. The van der Waals surface area contributed by atoms with Crippen molar-refractivity contribution in [3.63, 3.8) is 0 Å². The highest BCUT2D eigenvalue weighted by molar-refractivity contribution is 5.95. The molecule has 188 valence electrons. The SMILES string of the molecule is CC(=O)N[C@@H](Cc1ccc(Nc2ccccc2C(=O)O)c(C(C)C)c1)C(=O)NC(C)CCCC=O. The second-order valence-corrected chi connectivity index (χ2v) is 9.02. The molecule has 4 N–H and O–H groups in total. The fourth-order valence-corrected chi connectivity index (χ4v) is 3.87. The first-order valence-corrected chi connectivity index (χ1v) is 11.9. The number of hydrogen-bond donors (Lipinski definition) is 4. The number of anilines is 2. The Morgan fingerprint density at radius 2 is 1.71 bits per heavy atom. The van der Waals surface area contributed by atoms with E-state index in [9.17, 15) is 24.3 Å². The Hall–Kier alpha value is -3.68. The van der Waals surface area contributed by atoms with Crippen LogP contribution in [0.25, 0.3) is 0 Å². The molecule has 2 rings (SSSR count). The molecule has 0 saturated carbocycles. The number of nitrogens with one attached hydrogen (secondary N) is 3. The second kappa shape index (κ2) is 13.3. The minimum atomic E-state index is -1.01. The number of hydrogen-bond acceptors (Lipinski definition) is 5. The van der Waals surface area contributed by atoms with Gasteiger partial charge in [0.15, 0.2) is 0 Å². The number of aldehydes is 1. The summed E-state index contributed by atoms with van der Waals surface area (Å²) in [5.41, 5.74) is 3.28. The normalized spacial score (nSPS) is 12.5. The van der Waals surface area contributed by atoms with E-state index in [1.807, 2.05) is 39.0 Å². The molecule has 8 nitrogen and oxygen atoms in total. The molecule has 2 aromatic rings. The van der Waals surface area contributed by atoms with Gasteiger partial charge < -0.3 is 25.9 Å². The zero-order valence-corrected chi connectivity index (χ0v) is 20.8. The summed E-state index contributed by atoms with van der Waals surface area (Å²) in [6.45, 7) is 7.32. The molecule has 0 aliphatic carbocycles. The average Bonchev–Trinajstić information content (AvgIpc) is 2.79. The van der Waals surface area contributed by atoms with E-state index in [0.29, 0.717) is 31.4 Å². The van der Waals surface area contributed by atoms with Crippen molar-refractivity contribution in [2.24, 2.45) is 0 Å². The van der Waals surface area contributed by atoms with Crippen LogP contribution in [0, 0.1) is 0 Å². The summed E-state index contributed by atoms with van der Waals surface area (Å²) in [7, 11) is 0. The van der Waals surface area contributed by atoms with E-state index in [-0.39, 0.29) is 29.3 Å². The Morgan fingerprint density at radius 3 is 2.34 bits per heavy atom. The molecular formula is C27H35N3O5. The topological polar surface area (TPSA) is 125 Å². The van der Waals surface area contributed by atoms with Crippen LogP contribution in [0.15, 0.2) is 42.5 Å². The van der Waals surface area contributed by atoms with Crippen LogP contribution in [-0.2, 0) is 20.8 Å². The fourth-order valence-electron chi connectivity index (χ4n) is 3.87. The first-order valence-electron chi connectivity index (χ1n) is 11.9. The third-order valence-electron chi connectivity index (χ3n) is 5.65. The number of carbonyl (C=O) groups excluding carboxylic acids is 3. The van der Waals surface area contributed by atoms with Crippen molar-refractivity contribution in [2.75, 3.05) is 5.32 Å². The van der Waals surface area contributed by atoms with E-state index >= 15 is 0 Å². The molecule has 0 radical (unpaired) electrons. The molecule has 0 aliphatic rings. The Labute approximate surface area is 206 Å². The van der Waals surface area contributed by atoms with Gasteiger partial charge in [-0.3, -0.25) is 9.59 Å². The summed E-state index contributed by atoms with van der Waals surface area (Å²) in [5, 5.41) is 18.4. The van der Waals surface area contributed by atoms with Gasteiger partial charge in [-0.05, 0) is 55.0 Å². The van der Waals surface area contributed by atoms with E-state index in [0.717, 1.165) is 23.1 Å². The zero-order valence-electron chi connectivity index (χ0n) is 20.8. The lowest BCUT2D eigenvalue weighted by Crippen LogP contribution is -2.49. The summed E-state index contributed by atoms with van der Waals surface area (Å²) in [4.78, 5) is 46.8. The van der Waals surface area contributed by atoms with Crippen molar-refractivity contribution in [1.29, 1.82) is 0 Å². The van der Waals surface area contributed by atoms with Gasteiger partial charge in [0.05, 0.1) is 11.3 Å². The highest BCUT2D eigenvalue weighted by atomic mass is 16.4. The zero-order chi connectivity index (χ0) is 26.0. The van der Waals surface area contributed by atoms with Crippen LogP contribution >= 0.6 is 0 Å². The van der Waals surface area contributed by atoms with E-state index < -0.39 is 12.0 Å². The first-order chi connectivity index (χ1) is 16.6. The molecule has 8 heteroatoms. The van der Waals surface area contributed by atoms with Crippen molar-refractivity contribution in [1.82, 2.24) is 10.6 Å². The van der Waals surface area contributed by atoms with Crippen molar-refractivity contribution < 1.29 is 24.3 Å². The molecule has 0 aliphatic heterocycles. The first kappa shape index (κ1) is 27.6. The maximum Gasteiger partial charge on any atom is 0.337 e. The monoisotopic (exact) mass is 481 g/mol. The molecule has 1 unspecified atom stereocenters. The van der Waals surface area contributed by atoms with Gasteiger partial charge in [0, 0.05) is 31.5 Å². The van der Waals surface area contributed by atoms with Gasteiger partial charge in [-0.15, -0.1) is 0 Å². The maximum absolute atomic E-state index is 12.9. The largest absolute Gasteiger partial charge is 0.478 e. The lowest BCUT2D eigenvalue weighted by atomic mass is 9.95. The predicted octanol–water partition coefficient (Wildman–Crippen LogP) is 4.17. The third kappa shape index (κ3) is 8.55. The Morgan fingerprint density at radius 1 is 1.00 bits per heavy atom. The molecule has 0 fully saturated rings. The smallest absolute Gasteiger partial charge is 0.337 e. The molecule has 2 atom stereocenters. The number of unbranched alkanes of at least 4 members (excludes halogenated alkanes) is 1. The van der Waals surface area contributed by atoms with Crippen LogP contribution in [0.5, 0.6) is 0 Å². The van der Waals surface area contributed by atoms with Gasteiger partial charge in [0.25, 0.3) is 0 Å². The quantitative estimate of drug-likeness (QED) is 0.251. The van der Waals surface area contributed by atoms with Crippen molar-refractivity contribution >= 4 is 35.4 Å². The number of amides is 2. The van der Waals surface area contributed by atoms with E-state index in [4.69, 9.17) is 0 Å². The molecule has 0 saturated heterocycles. The van der Waals surface area contributed by atoms with Crippen LogP contribution in [0.3, 0.4) is 0 Å². The van der Waals surface area contributed by atoms with Gasteiger partial charge in [0.1, 0.15) is 12.3 Å². The van der Waals surface area contributed by atoms with Gasteiger partial charge in [-0.25, -0.2) is 4.79 Å². The molecule has 2 amide bonds. The minimum Gasteiger partial charge on any atom is -0.478 e. The third-order valence-corrected chi connectivity index (χ3v) is 5.65. The van der Waals surface area contributed by atoms with Crippen molar-refractivity contribution in [3.8, 4) is 0 Å². The highest BCUT2D eigenvalue weighted by Gasteiger charge is 2.22. The van der Waals surface area contributed by atoms with Crippen molar-refractivity contribution in [2.45, 2.75) is 71.4 Å². The number of aromatic carboxylic acids is 1.